The van der Waals surface area contributed by atoms with E-state index >= 15 is 0 Å². The summed E-state index contributed by atoms with van der Waals surface area (Å²) in [5.74, 6) is 1.78. The summed E-state index contributed by atoms with van der Waals surface area (Å²) in [7, 11) is 0. The van der Waals surface area contributed by atoms with Crippen molar-refractivity contribution < 1.29 is 5.11 Å². The van der Waals surface area contributed by atoms with Crippen LogP contribution in [-0.4, -0.2) is 30.3 Å². The Hall–Kier alpha value is 0.270. The van der Waals surface area contributed by atoms with Crippen LogP contribution in [0.5, 0.6) is 0 Å². The lowest BCUT2D eigenvalue weighted by molar-refractivity contribution is 0.0981. The zero-order valence-corrected chi connectivity index (χ0v) is 10.6. The van der Waals surface area contributed by atoms with Crippen LogP contribution in [-0.2, 0) is 0 Å². The van der Waals surface area contributed by atoms with Gasteiger partial charge in [-0.05, 0) is 37.2 Å². The van der Waals surface area contributed by atoms with E-state index in [9.17, 15) is 5.11 Å². The third kappa shape index (κ3) is 5.23. The van der Waals surface area contributed by atoms with Crippen LogP contribution < -0.4 is 5.73 Å². The van der Waals surface area contributed by atoms with E-state index in [1.165, 1.54) is 5.75 Å². The molecule has 0 amide bonds. The maximum atomic E-state index is 9.44. The molecule has 0 spiro atoms. The fourth-order valence-corrected chi connectivity index (χ4v) is 2.39. The molecule has 0 saturated heterocycles. The number of rotatable bonds is 8. The first kappa shape index (κ1) is 14.3. The molecule has 14 heavy (non-hydrogen) atoms. The predicted molar refractivity (Wildman–Crippen MR) is 65.6 cm³/mol. The van der Waals surface area contributed by atoms with Crippen molar-refractivity contribution in [2.45, 2.75) is 33.1 Å². The first-order chi connectivity index (χ1) is 6.60. The SMILES string of the molecule is CSCCCC(CN)(CO)CC(C)C. The van der Waals surface area contributed by atoms with Crippen LogP contribution in [0.3, 0.4) is 0 Å². The molecule has 0 aliphatic heterocycles. The molecule has 0 aliphatic carbocycles. The average molecular weight is 219 g/mol. The molecular weight excluding hydrogens is 194 g/mol. The zero-order chi connectivity index (χ0) is 11.0. The molecule has 3 heteroatoms. The second-order valence-electron chi connectivity index (χ2n) is 4.56. The van der Waals surface area contributed by atoms with Crippen molar-refractivity contribution in [3.05, 3.63) is 0 Å². The molecule has 0 aliphatic rings. The number of hydrogen-bond donors (Lipinski definition) is 2. The molecule has 0 aromatic rings. The number of aliphatic hydroxyl groups excluding tert-OH is 1. The van der Waals surface area contributed by atoms with Gasteiger partial charge in [-0.15, -0.1) is 0 Å². The number of hydrogen-bond acceptors (Lipinski definition) is 3. The Labute approximate surface area is 92.6 Å². The lowest BCUT2D eigenvalue weighted by atomic mass is 9.77. The first-order valence-electron chi connectivity index (χ1n) is 5.40. The third-order valence-electron chi connectivity index (χ3n) is 2.67. The van der Waals surface area contributed by atoms with Crippen LogP contribution in [0.2, 0.25) is 0 Å². The quantitative estimate of drug-likeness (QED) is 0.615. The molecule has 0 aromatic carbocycles. The summed E-state index contributed by atoms with van der Waals surface area (Å²) < 4.78 is 0. The van der Waals surface area contributed by atoms with Gasteiger partial charge in [0.1, 0.15) is 0 Å². The molecule has 1 atom stereocenters. The van der Waals surface area contributed by atoms with E-state index in [0.717, 1.165) is 19.3 Å². The van der Waals surface area contributed by atoms with Crippen LogP contribution in [0.25, 0.3) is 0 Å². The average Bonchev–Trinajstić information content (AvgIpc) is 2.16. The van der Waals surface area contributed by atoms with Gasteiger partial charge in [0.05, 0.1) is 0 Å². The normalized spacial score (nSPS) is 15.9. The minimum absolute atomic E-state index is 0.0239. The predicted octanol–water partition coefficient (Wildman–Crippen LogP) is 2.11. The molecule has 86 valence electrons. The highest BCUT2D eigenvalue weighted by atomic mass is 32.2. The fraction of sp³-hybridized carbons (Fsp3) is 1.00. The van der Waals surface area contributed by atoms with Crippen molar-refractivity contribution in [2.24, 2.45) is 17.1 Å². The van der Waals surface area contributed by atoms with E-state index in [0.29, 0.717) is 12.5 Å². The van der Waals surface area contributed by atoms with Gasteiger partial charge < -0.3 is 10.8 Å². The maximum absolute atomic E-state index is 9.44. The van der Waals surface area contributed by atoms with Gasteiger partial charge in [0.25, 0.3) is 0 Å². The smallest absolute Gasteiger partial charge is 0.0499 e. The van der Waals surface area contributed by atoms with Crippen LogP contribution >= 0.6 is 11.8 Å². The lowest BCUT2D eigenvalue weighted by Crippen LogP contribution is -2.35. The third-order valence-corrected chi connectivity index (χ3v) is 3.36. The molecule has 1 unspecified atom stereocenters. The first-order valence-corrected chi connectivity index (χ1v) is 6.79. The molecule has 0 rings (SSSR count). The molecule has 2 nitrogen and oxygen atoms in total. The van der Waals surface area contributed by atoms with Crippen LogP contribution in [0.1, 0.15) is 33.1 Å². The Kier molecular flexibility index (Phi) is 7.69. The van der Waals surface area contributed by atoms with E-state index in [-0.39, 0.29) is 12.0 Å². The Morgan fingerprint density at radius 1 is 1.43 bits per heavy atom. The van der Waals surface area contributed by atoms with Gasteiger partial charge in [0.2, 0.25) is 0 Å². The van der Waals surface area contributed by atoms with Crippen molar-refractivity contribution in [1.29, 1.82) is 0 Å². The van der Waals surface area contributed by atoms with E-state index in [1.54, 1.807) is 0 Å². The summed E-state index contributed by atoms with van der Waals surface area (Å²) >= 11 is 1.86. The van der Waals surface area contributed by atoms with Gasteiger partial charge in [-0.25, -0.2) is 0 Å². The molecule has 3 N–H and O–H groups in total. The second-order valence-corrected chi connectivity index (χ2v) is 5.54. The summed E-state index contributed by atoms with van der Waals surface area (Å²) in [5, 5.41) is 9.44. The Morgan fingerprint density at radius 2 is 2.07 bits per heavy atom. The van der Waals surface area contributed by atoms with Crippen molar-refractivity contribution >= 4 is 11.8 Å². The topological polar surface area (TPSA) is 46.2 Å². The Morgan fingerprint density at radius 3 is 2.43 bits per heavy atom. The zero-order valence-electron chi connectivity index (χ0n) is 9.75. The van der Waals surface area contributed by atoms with Crippen molar-refractivity contribution in [3.8, 4) is 0 Å². The Bertz CT molecular complexity index is 135. The highest BCUT2D eigenvalue weighted by Gasteiger charge is 2.28. The van der Waals surface area contributed by atoms with Gasteiger partial charge in [-0.1, -0.05) is 13.8 Å². The molecule has 0 saturated carbocycles. The molecule has 0 bridgehead atoms. The van der Waals surface area contributed by atoms with Crippen LogP contribution in [0.15, 0.2) is 0 Å². The number of thioether (sulfide) groups is 1. The van der Waals surface area contributed by atoms with Crippen LogP contribution in [0, 0.1) is 11.3 Å². The molecule has 0 heterocycles. The summed E-state index contributed by atoms with van der Waals surface area (Å²) in [5.41, 5.74) is 5.76. The highest BCUT2D eigenvalue weighted by Crippen LogP contribution is 2.30. The molecule has 0 radical (unpaired) electrons. The number of aliphatic hydroxyl groups is 1. The molecule has 0 aromatic heterocycles. The van der Waals surface area contributed by atoms with E-state index in [2.05, 4.69) is 20.1 Å². The van der Waals surface area contributed by atoms with Gasteiger partial charge in [0.15, 0.2) is 0 Å². The highest BCUT2D eigenvalue weighted by molar-refractivity contribution is 7.98. The van der Waals surface area contributed by atoms with Crippen molar-refractivity contribution in [1.82, 2.24) is 0 Å². The number of nitrogens with two attached hydrogens (primary N) is 1. The van der Waals surface area contributed by atoms with Gasteiger partial charge >= 0.3 is 0 Å². The maximum Gasteiger partial charge on any atom is 0.0499 e. The summed E-state index contributed by atoms with van der Waals surface area (Å²) in [6.07, 6.45) is 5.37. The summed E-state index contributed by atoms with van der Waals surface area (Å²) in [4.78, 5) is 0. The standard InChI is InChI=1S/C11H25NOS/c1-10(2)7-11(8-12,9-13)5-4-6-14-3/h10,13H,4-9,12H2,1-3H3. The Balaban J connectivity index is 4.07. The fourth-order valence-electron chi connectivity index (χ4n) is 1.95. The largest absolute Gasteiger partial charge is 0.396 e. The molecule has 0 fully saturated rings. The second kappa shape index (κ2) is 7.55. The van der Waals surface area contributed by atoms with Gasteiger partial charge in [-0.2, -0.15) is 11.8 Å². The summed E-state index contributed by atoms with van der Waals surface area (Å²) in [6.45, 7) is 5.22. The monoisotopic (exact) mass is 219 g/mol. The van der Waals surface area contributed by atoms with Crippen molar-refractivity contribution in [3.63, 3.8) is 0 Å². The van der Waals surface area contributed by atoms with Crippen molar-refractivity contribution in [2.75, 3.05) is 25.2 Å². The minimum Gasteiger partial charge on any atom is -0.396 e. The van der Waals surface area contributed by atoms with E-state index in [4.69, 9.17) is 5.73 Å². The minimum atomic E-state index is -0.0239. The van der Waals surface area contributed by atoms with E-state index < -0.39 is 0 Å². The van der Waals surface area contributed by atoms with E-state index in [1.807, 2.05) is 11.8 Å². The lowest BCUT2D eigenvalue weighted by Gasteiger charge is -2.32. The van der Waals surface area contributed by atoms with Gasteiger partial charge in [-0.3, -0.25) is 0 Å². The van der Waals surface area contributed by atoms with Gasteiger partial charge in [0, 0.05) is 18.6 Å². The molecular formula is C11H25NOS. The summed E-state index contributed by atoms with van der Waals surface area (Å²) in [6, 6.07) is 0. The van der Waals surface area contributed by atoms with Crippen LogP contribution in [0.4, 0.5) is 0 Å².